The Bertz CT molecular complexity index is 1030. The van der Waals surface area contributed by atoms with Gasteiger partial charge >= 0.3 is 5.97 Å². The van der Waals surface area contributed by atoms with E-state index in [0.29, 0.717) is 5.92 Å². The molecule has 0 heterocycles. The fraction of sp³-hybridized carbons (Fsp3) is 0.515. The van der Waals surface area contributed by atoms with Crippen LogP contribution in [0.25, 0.3) is 0 Å². The van der Waals surface area contributed by atoms with Gasteiger partial charge in [-0.1, -0.05) is 77.9 Å². The molecule has 0 aromatic heterocycles. The Balaban J connectivity index is 0.000000578. The number of para-hydroxylation sites is 1. The zero-order valence-electron chi connectivity index (χ0n) is 25.5. The highest BCUT2D eigenvalue weighted by Gasteiger charge is 2.16. The molecule has 1 atom stereocenters. The van der Waals surface area contributed by atoms with Crippen molar-refractivity contribution in [3.8, 4) is 6.07 Å². The number of nitriles is 1. The van der Waals surface area contributed by atoms with E-state index in [2.05, 4.69) is 59.2 Å². The minimum absolute atomic E-state index is 0.0231. The van der Waals surface area contributed by atoms with Crippen LogP contribution in [0.2, 0.25) is 0 Å². The molecule has 0 aliphatic heterocycles. The van der Waals surface area contributed by atoms with Crippen molar-refractivity contribution >= 4 is 24.1 Å². The first-order valence-electron chi connectivity index (χ1n) is 14.1. The van der Waals surface area contributed by atoms with Gasteiger partial charge in [-0.15, -0.1) is 0 Å². The second-order valence-electron chi connectivity index (χ2n) is 9.74. The zero-order chi connectivity index (χ0) is 29.6. The SMILES string of the molecule is C=Nc1ccccc1C(C)=NCCC.CCCN(CCC)Cc1ccccc1C#N.COC(=O)C(C)C(C)C. The van der Waals surface area contributed by atoms with E-state index in [4.69, 9.17) is 5.26 Å². The van der Waals surface area contributed by atoms with Crippen molar-refractivity contribution in [2.45, 2.75) is 74.3 Å². The minimum Gasteiger partial charge on any atom is -0.469 e. The van der Waals surface area contributed by atoms with Crippen molar-refractivity contribution in [1.29, 1.82) is 5.26 Å². The molecule has 2 aromatic carbocycles. The topological polar surface area (TPSA) is 78.1 Å². The molecule has 6 nitrogen and oxygen atoms in total. The molecule has 214 valence electrons. The lowest BCUT2D eigenvalue weighted by Crippen LogP contribution is -2.25. The van der Waals surface area contributed by atoms with Crippen molar-refractivity contribution in [2.75, 3.05) is 26.7 Å². The van der Waals surface area contributed by atoms with Crippen molar-refractivity contribution in [3.05, 3.63) is 65.2 Å². The summed E-state index contributed by atoms with van der Waals surface area (Å²) in [7, 11) is 1.42. The van der Waals surface area contributed by atoms with Crippen LogP contribution >= 0.6 is 0 Å². The van der Waals surface area contributed by atoms with Crippen LogP contribution in [0, 0.1) is 23.2 Å². The lowest BCUT2D eigenvalue weighted by molar-refractivity contribution is -0.146. The van der Waals surface area contributed by atoms with Gasteiger partial charge < -0.3 is 4.74 Å². The molecule has 0 fully saturated rings. The van der Waals surface area contributed by atoms with Crippen molar-refractivity contribution < 1.29 is 9.53 Å². The second-order valence-corrected chi connectivity index (χ2v) is 9.74. The number of nitrogens with zero attached hydrogens (tertiary/aromatic N) is 4. The molecule has 0 radical (unpaired) electrons. The predicted octanol–water partition coefficient (Wildman–Crippen LogP) is 7.87. The fourth-order valence-electron chi connectivity index (χ4n) is 3.65. The first-order chi connectivity index (χ1) is 18.7. The first-order valence-corrected chi connectivity index (χ1v) is 14.1. The molecule has 0 spiro atoms. The van der Waals surface area contributed by atoms with E-state index >= 15 is 0 Å². The number of hydrogen-bond donors (Lipinski definition) is 0. The lowest BCUT2D eigenvalue weighted by Gasteiger charge is -2.21. The van der Waals surface area contributed by atoms with Crippen molar-refractivity contribution in [3.63, 3.8) is 0 Å². The predicted molar refractivity (Wildman–Crippen MR) is 166 cm³/mol. The third-order valence-corrected chi connectivity index (χ3v) is 6.22. The van der Waals surface area contributed by atoms with Crippen LogP contribution in [0.15, 0.2) is 58.5 Å². The second kappa shape index (κ2) is 21.6. The summed E-state index contributed by atoms with van der Waals surface area (Å²) in [5.74, 6) is 0.275. The summed E-state index contributed by atoms with van der Waals surface area (Å²) < 4.78 is 4.53. The van der Waals surface area contributed by atoms with Gasteiger partial charge in [0.05, 0.1) is 30.3 Å². The number of ether oxygens (including phenoxy) is 1. The molecule has 39 heavy (non-hydrogen) atoms. The standard InChI is InChI=1S/C14H20N2.C12H16N2.C7H14O2/c1-3-9-16(10-4-2)12-14-8-6-5-7-13(14)11-15;1-4-9-14-10(2)11-7-5-6-8-12(11)13-3;1-5(2)6(3)7(8)9-4/h5-8H,3-4,9-10,12H2,1-2H3;5-8H,3-4,9H2,1-2H3;5-6H,1-4H3. The fourth-order valence-corrected chi connectivity index (χ4v) is 3.65. The van der Waals surface area contributed by atoms with Gasteiger partial charge in [-0.3, -0.25) is 19.7 Å². The van der Waals surface area contributed by atoms with Crippen LogP contribution in [0.4, 0.5) is 5.69 Å². The molecule has 0 aliphatic carbocycles. The van der Waals surface area contributed by atoms with Crippen LogP contribution in [-0.2, 0) is 16.1 Å². The molecule has 1 unspecified atom stereocenters. The maximum Gasteiger partial charge on any atom is 0.308 e. The Morgan fingerprint density at radius 1 is 1.00 bits per heavy atom. The summed E-state index contributed by atoms with van der Waals surface area (Å²) in [5.41, 5.74) is 4.97. The summed E-state index contributed by atoms with van der Waals surface area (Å²) in [6.45, 7) is 21.9. The molecule has 2 aromatic rings. The van der Waals surface area contributed by atoms with Gasteiger partial charge in [0.2, 0.25) is 0 Å². The third-order valence-electron chi connectivity index (χ3n) is 6.22. The van der Waals surface area contributed by atoms with Gasteiger partial charge in [0.25, 0.3) is 0 Å². The monoisotopic (exact) mass is 534 g/mol. The number of rotatable bonds is 12. The number of aliphatic imine (C=N–C) groups is 2. The van der Waals surface area contributed by atoms with E-state index in [-0.39, 0.29) is 11.9 Å². The zero-order valence-corrected chi connectivity index (χ0v) is 25.5. The number of carbonyl (C=O) groups excluding carboxylic acids is 1. The lowest BCUT2D eigenvalue weighted by atomic mass is 9.99. The summed E-state index contributed by atoms with van der Waals surface area (Å²) in [6.07, 6.45) is 3.39. The molecular formula is C33H50N4O2. The van der Waals surface area contributed by atoms with E-state index in [9.17, 15) is 4.79 Å². The minimum atomic E-state index is -0.120. The van der Waals surface area contributed by atoms with Gasteiger partial charge in [-0.25, -0.2) is 0 Å². The number of carbonyl (C=O) groups is 1. The van der Waals surface area contributed by atoms with Crippen molar-refractivity contribution in [2.24, 2.45) is 21.8 Å². The Morgan fingerprint density at radius 2 is 1.59 bits per heavy atom. The van der Waals surface area contributed by atoms with Crippen molar-refractivity contribution in [1.82, 2.24) is 4.90 Å². The molecule has 0 bridgehead atoms. The molecule has 0 amide bonds. The molecule has 2 rings (SSSR count). The number of methoxy groups -OCH3 is 1. The van der Waals surface area contributed by atoms with Crippen LogP contribution in [-0.4, -0.2) is 50.0 Å². The van der Waals surface area contributed by atoms with Gasteiger partial charge in [0.1, 0.15) is 0 Å². The molecule has 0 saturated heterocycles. The van der Waals surface area contributed by atoms with Gasteiger partial charge in [-0.2, -0.15) is 5.26 Å². The quantitative estimate of drug-likeness (QED) is 0.205. The normalized spacial score (nSPS) is 11.5. The third kappa shape index (κ3) is 14.4. The highest BCUT2D eigenvalue weighted by atomic mass is 16.5. The Labute approximate surface area is 237 Å². The Kier molecular flexibility index (Phi) is 19.8. The van der Waals surface area contributed by atoms with Gasteiger partial charge in [0.15, 0.2) is 0 Å². The Morgan fingerprint density at radius 3 is 2.08 bits per heavy atom. The maximum atomic E-state index is 10.7. The highest BCUT2D eigenvalue weighted by molar-refractivity contribution is 6.03. The molecule has 0 saturated carbocycles. The van der Waals surface area contributed by atoms with Crippen LogP contribution < -0.4 is 0 Å². The highest BCUT2D eigenvalue weighted by Crippen LogP contribution is 2.18. The van der Waals surface area contributed by atoms with E-state index in [1.807, 2.05) is 70.2 Å². The molecule has 6 heteroatoms. The average Bonchev–Trinajstić information content (AvgIpc) is 2.96. The summed E-state index contributed by atoms with van der Waals surface area (Å²) in [4.78, 5) is 21.6. The van der Waals surface area contributed by atoms with Gasteiger partial charge in [0, 0.05) is 24.4 Å². The largest absolute Gasteiger partial charge is 0.469 e. The Hall–Kier alpha value is -3.30. The molecule has 0 N–H and O–H groups in total. The summed E-state index contributed by atoms with van der Waals surface area (Å²) >= 11 is 0. The number of hydrogen-bond acceptors (Lipinski definition) is 6. The van der Waals surface area contributed by atoms with Crippen LogP contribution in [0.3, 0.4) is 0 Å². The van der Waals surface area contributed by atoms with Crippen LogP contribution in [0.5, 0.6) is 0 Å². The van der Waals surface area contributed by atoms with Crippen LogP contribution in [0.1, 0.15) is 84.4 Å². The molecule has 0 aliphatic rings. The van der Waals surface area contributed by atoms with Gasteiger partial charge in [-0.05, 0) is 69.6 Å². The summed E-state index contributed by atoms with van der Waals surface area (Å²) in [5, 5.41) is 9.02. The van der Waals surface area contributed by atoms with E-state index in [1.54, 1.807) is 0 Å². The average molecular weight is 535 g/mol. The van der Waals surface area contributed by atoms with E-state index < -0.39 is 0 Å². The molecular weight excluding hydrogens is 484 g/mol. The number of benzene rings is 2. The maximum absolute atomic E-state index is 10.7. The smallest absolute Gasteiger partial charge is 0.308 e. The number of esters is 1. The van der Waals surface area contributed by atoms with E-state index in [0.717, 1.165) is 73.5 Å². The summed E-state index contributed by atoms with van der Waals surface area (Å²) in [6, 6.07) is 18.1. The van der Waals surface area contributed by atoms with E-state index in [1.165, 1.54) is 7.11 Å². The first kappa shape index (κ1) is 35.7.